The second-order valence-electron chi connectivity index (χ2n) is 6.48. The van der Waals surface area contributed by atoms with E-state index in [0.717, 1.165) is 37.8 Å². The molecule has 1 aromatic rings. The van der Waals surface area contributed by atoms with Crippen LogP contribution in [-0.2, 0) is 14.8 Å². The number of piperidine rings is 1. The fraction of sp³-hybridized carbons (Fsp3) is 0.556. The molecule has 2 heterocycles. The number of nitrogens with one attached hydrogen (secondary N) is 1. The van der Waals surface area contributed by atoms with Crippen LogP contribution in [0.4, 0.5) is 0 Å². The Morgan fingerprint density at radius 3 is 2.72 bits per heavy atom. The number of nitrogens with zero attached hydrogens (tertiary/aromatic N) is 2. The van der Waals surface area contributed by atoms with E-state index in [-0.39, 0.29) is 5.91 Å². The highest BCUT2D eigenvalue weighted by molar-refractivity contribution is 7.88. The minimum atomic E-state index is -3.04. The van der Waals surface area contributed by atoms with Crippen molar-refractivity contribution in [1.82, 2.24) is 14.6 Å². The van der Waals surface area contributed by atoms with Crippen LogP contribution in [0.2, 0.25) is 0 Å². The molecule has 0 spiro atoms. The summed E-state index contributed by atoms with van der Waals surface area (Å²) in [6.45, 7) is 1.94. The van der Waals surface area contributed by atoms with Crippen LogP contribution >= 0.6 is 0 Å². The number of pyridine rings is 1. The third-order valence-electron chi connectivity index (χ3n) is 4.47. The minimum Gasteiger partial charge on any atom is -0.353 e. The van der Waals surface area contributed by atoms with Crippen molar-refractivity contribution in [2.75, 3.05) is 25.9 Å². The maximum absolute atomic E-state index is 11.7. The molecular formula is C18H27N3O3S. The smallest absolute Gasteiger partial charge is 0.244 e. The van der Waals surface area contributed by atoms with Crippen LogP contribution in [0.15, 0.2) is 30.5 Å². The third kappa shape index (κ3) is 7.36. The van der Waals surface area contributed by atoms with Gasteiger partial charge in [-0.15, -0.1) is 0 Å². The lowest BCUT2D eigenvalue weighted by Crippen LogP contribution is -2.37. The molecular weight excluding hydrogens is 338 g/mol. The second kappa shape index (κ2) is 9.68. The van der Waals surface area contributed by atoms with Crippen molar-refractivity contribution >= 4 is 22.0 Å². The van der Waals surface area contributed by atoms with E-state index in [1.807, 2.05) is 18.2 Å². The van der Waals surface area contributed by atoms with Gasteiger partial charge in [0, 0.05) is 31.9 Å². The van der Waals surface area contributed by atoms with Gasteiger partial charge in [0.15, 0.2) is 0 Å². The third-order valence-corrected chi connectivity index (χ3v) is 5.78. The molecule has 1 aliphatic rings. The summed E-state index contributed by atoms with van der Waals surface area (Å²) in [5, 5.41) is 2.88. The van der Waals surface area contributed by atoms with Crippen molar-refractivity contribution in [2.24, 2.45) is 5.92 Å². The van der Waals surface area contributed by atoms with E-state index in [1.54, 1.807) is 16.6 Å². The highest BCUT2D eigenvalue weighted by Gasteiger charge is 2.24. The van der Waals surface area contributed by atoms with E-state index in [9.17, 15) is 13.2 Å². The highest BCUT2D eigenvalue weighted by atomic mass is 32.2. The average Bonchev–Trinajstić information content (AvgIpc) is 2.60. The quantitative estimate of drug-likeness (QED) is 0.565. The molecule has 0 atom stereocenters. The molecule has 0 saturated carbocycles. The van der Waals surface area contributed by atoms with E-state index in [2.05, 4.69) is 10.3 Å². The topological polar surface area (TPSA) is 79.4 Å². The Kier molecular flexibility index (Phi) is 7.58. The number of carbonyl (C=O) groups excluding carboxylic acids is 1. The molecule has 1 aliphatic heterocycles. The van der Waals surface area contributed by atoms with Gasteiger partial charge >= 0.3 is 0 Å². The van der Waals surface area contributed by atoms with Gasteiger partial charge < -0.3 is 5.32 Å². The van der Waals surface area contributed by atoms with Crippen molar-refractivity contribution < 1.29 is 13.2 Å². The molecule has 0 bridgehead atoms. The van der Waals surface area contributed by atoms with Crippen LogP contribution in [0.1, 0.15) is 37.8 Å². The van der Waals surface area contributed by atoms with Crippen LogP contribution in [0.25, 0.3) is 6.08 Å². The van der Waals surface area contributed by atoms with Crippen molar-refractivity contribution in [2.45, 2.75) is 32.1 Å². The van der Waals surface area contributed by atoms with Gasteiger partial charge in [-0.1, -0.05) is 18.9 Å². The lowest BCUT2D eigenvalue weighted by Gasteiger charge is -2.30. The van der Waals surface area contributed by atoms with Gasteiger partial charge in [0.05, 0.1) is 11.9 Å². The maximum Gasteiger partial charge on any atom is 0.244 e. The summed E-state index contributed by atoms with van der Waals surface area (Å²) < 4.78 is 24.5. The van der Waals surface area contributed by atoms with Crippen molar-refractivity contribution in [3.05, 3.63) is 36.2 Å². The Hall–Kier alpha value is -1.73. The number of carbonyl (C=O) groups is 1. The molecule has 1 N–H and O–H groups in total. The number of aromatic nitrogens is 1. The summed E-state index contributed by atoms with van der Waals surface area (Å²) >= 11 is 0. The summed E-state index contributed by atoms with van der Waals surface area (Å²) in [5.41, 5.74) is 0.762. The monoisotopic (exact) mass is 365 g/mol. The molecule has 1 aromatic heterocycles. The van der Waals surface area contributed by atoms with Crippen LogP contribution < -0.4 is 5.32 Å². The number of amides is 1. The Morgan fingerprint density at radius 2 is 2.08 bits per heavy atom. The SMILES string of the molecule is CS(=O)(=O)N1CCC(CCCCNC(=O)C=Cc2ccccn2)CC1. The van der Waals surface area contributed by atoms with E-state index in [1.165, 1.54) is 12.3 Å². The number of hydrogen-bond donors (Lipinski definition) is 1. The van der Waals surface area contributed by atoms with Gasteiger partial charge in [-0.2, -0.15) is 0 Å². The zero-order chi connectivity index (χ0) is 18.1. The number of hydrogen-bond acceptors (Lipinski definition) is 4. The number of sulfonamides is 1. The Bertz CT molecular complexity index is 666. The lowest BCUT2D eigenvalue weighted by molar-refractivity contribution is -0.116. The molecule has 1 saturated heterocycles. The molecule has 1 amide bonds. The summed E-state index contributed by atoms with van der Waals surface area (Å²) in [4.78, 5) is 15.8. The van der Waals surface area contributed by atoms with E-state index >= 15 is 0 Å². The predicted molar refractivity (Wildman–Crippen MR) is 99.3 cm³/mol. The van der Waals surface area contributed by atoms with Gasteiger partial charge in [0.2, 0.25) is 15.9 Å². The Balaban J connectivity index is 1.55. The zero-order valence-electron chi connectivity index (χ0n) is 14.7. The van der Waals surface area contributed by atoms with Gasteiger partial charge in [-0.3, -0.25) is 9.78 Å². The summed E-state index contributed by atoms with van der Waals surface area (Å²) in [6, 6.07) is 5.56. The maximum atomic E-state index is 11.7. The van der Waals surface area contributed by atoms with Crippen molar-refractivity contribution in [3.63, 3.8) is 0 Å². The van der Waals surface area contributed by atoms with Gasteiger partial charge in [-0.05, 0) is 43.4 Å². The number of unbranched alkanes of at least 4 members (excludes halogenated alkanes) is 1. The molecule has 6 nitrogen and oxygen atoms in total. The average molecular weight is 365 g/mol. The van der Waals surface area contributed by atoms with E-state index in [0.29, 0.717) is 25.6 Å². The van der Waals surface area contributed by atoms with Crippen LogP contribution in [-0.4, -0.2) is 49.5 Å². The molecule has 7 heteroatoms. The fourth-order valence-electron chi connectivity index (χ4n) is 2.99. The first-order valence-electron chi connectivity index (χ1n) is 8.77. The Morgan fingerprint density at radius 1 is 1.32 bits per heavy atom. The largest absolute Gasteiger partial charge is 0.353 e. The van der Waals surface area contributed by atoms with E-state index in [4.69, 9.17) is 0 Å². The summed E-state index contributed by atoms with van der Waals surface area (Å²) in [5.74, 6) is 0.491. The molecule has 2 rings (SSSR count). The van der Waals surface area contributed by atoms with Gasteiger partial charge in [-0.25, -0.2) is 12.7 Å². The molecule has 0 unspecified atom stereocenters. The Labute approximate surface area is 150 Å². The van der Waals surface area contributed by atoms with Crippen LogP contribution in [0.5, 0.6) is 0 Å². The fourth-order valence-corrected chi connectivity index (χ4v) is 3.87. The van der Waals surface area contributed by atoms with Crippen molar-refractivity contribution in [1.29, 1.82) is 0 Å². The number of rotatable bonds is 8. The van der Waals surface area contributed by atoms with Crippen LogP contribution in [0.3, 0.4) is 0 Å². The minimum absolute atomic E-state index is 0.105. The normalized spacial score (nSPS) is 17.0. The molecule has 1 fully saturated rings. The standard InChI is InChI=1S/C18H27N3O3S/c1-25(23,24)21-14-10-16(11-15-21)6-2-4-13-20-18(22)9-8-17-7-3-5-12-19-17/h3,5,7-9,12,16H,2,4,6,10-11,13-15H2,1H3,(H,20,22). The van der Waals surface area contributed by atoms with Gasteiger partial charge in [0.25, 0.3) is 0 Å². The van der Waals surface area contributed by atoms with Crippen molar-refractivity contribution in [3.8, 4) is 0 Å². The summed E-state index contributed by atoms with van der Waals surface area (Å²) in [7, 11) is -3.04. The first kappa shape index (κ1) is 19.6. The van der Waals surface area contributed by atoms with E-state index < -0.39 is 10.0 Å². The molecule has 0 aromatic carbocycles. The van der Waals surface area contributed by atoms with Crippen LogP contribution in [0, 0.1) is 5.92 Å². The molecule has 0 radical (unpaired) electrons. The first-order chi connectivity index (χ1) is 11.9. The predicted octanol–water partition coefficient (Wildman–Crippen LogP) is 2.05. The molecule has 138 valence electrons. The summed E-state index contributed by atoms with van der Waals surface area (Å²) in [6.07, 6.45) is 11.1. The first-order valence-corrected chi connectivity index (χ1v) is 10.6. The second-order valence-corrected chi connectivity index (χ2v) is 8.46. The van der Waals surface area contributed by atoms with Gasteiger partial charge in [0.1, 0.15) is 0 Å². The molecule has 25 heavy (non-hydrogen) atoms. The molecule has 0 aliphatic carbocycles. The zero-order valence-corrected chi connectivity index (χ0v) is 15.5. The highest BCUT2D eigenvalue weighted by Crippen LogP contribution is 2.23. The lowest BCUT2D eigenvalue weighted by atomic mass is 9.92.